The number of aryl methyl sites for hydroxylation is 2. The van der Waals surface area contributed by atoms with Crippen LogP contribution in [0.1, 0.15) is 17.0 Å². The first-order valence-corrected chi connectivity index (χ1v) is 11.9. The topological polar surface area (TPSA) is 120 Å². The van der Waals surface area contributed by atoms with Gasteiger partial charge in [-0.2, -0.15) is 5.26 Å². The lowest BCUT2D eigenvalue weighted by molar-refractivity contribution is 0.601. The predicted octanol–water partition coefficient (Wildman–Crippen LogP) is 5.25. The van der Waals surface area contributed by atoms with Gasteiger partial charge in [-0.05, 0) is 74.5 Å². The molecule has 1 aromatic heterocycles. The highest BCUT2D eigenvalue weighted by atomic mass is 32.2. The minimum Gasteiger partial charge on any atom is -0.340 e. The zero-order valence-corrected chi connectivity index (χ0v) is 19.4. The lowest BCUT2D eigenvalue weighted by atomic mass is 10.2. The summed E-state index contributed by atoms with van der Waals surface area (Å²) in [6, 6.07) is 24.3. The Kier molecular flexibility index (Phi) is 6.43. The summed E-state index contributed by atoms with van der Waals surface area (Å²) in [6.45, 7) is 3.84. The van der Waals surface area contributed by atoms with Crippen LogP contribution in [0.4, 0.5) is 28.7 Å². The molecule has 0 spiro atoms. The van der Waals surface area contributed by atoms with Crippen molar-refractivity contribution in [2.45, 2.75) is 18.7 Å². The molecule has 3 N–H and O–H groups in total. The second-order valence-electron chi connectivity index (χ2n) is 7.62. The lowest BCUT2D eigenvalue weighted by Gasteiger charge is -2.12. The number of sulfonamides is 1. The van der Waals surface area contributed by atoms with Crippen LogP contribution in [0.25, 0.3) is 0 Å². The summed E-state index contributed by atoms with van der Waals surface area (Å²) in [5.41, 5.74) is 3.64. The first-order valence-electron chi connectivity index (χ1n) is 10.4. The summed E-state index contributed by atoms with van der Waals surface area (Å²) in [5.74, 6) is 1.87. The van der Waals surface area contributed by atoms with Gasteiger partial charge in [-0.1, -0.05) is 17.7 Å². The normalized spacial score (nSPS) is 10.9. The maximum absolute atomic E-state index is 12.6. The molecule has 8 nitrogen and oxygen atoms in total. The van der Waals surface area contributed by atoms with Crippen molar-refractivity contribution in [3.05, 3.63) is 95.8 Å². The Labute approximate surface area is 198 Å². The molecule has 0 aliphatic heterocycles. The fraction of sp³-hybridized carbons (Fsp3) is 0.0800. The van der Waals surface area contributed by atoms with Crippen molar-refractivity contribution in [2.24, 2.45) is 0 Å². The fourth-order valence-corrected chi connectivity index (χ4v) is 4.23. The molecule has 1 heterocycles. The number of anilines is 5. The van der Waals surface area contributed by atoms with E-state index in [1.165, 1.54) is 29.8 Å². The van der Waals surface area contributed by atoms with Crippen LogP contribution < -0.4 is 15.4 Å². The van der Waals surface area contributed by atoms with E-state index < -0.39 is 10.0 Å². The van der Waals surface area contributed by atoms with Crippen molar-refractivity contribution < 1.29 is 8.42 Å². The van der Waals surface area contributed by atoms with Crippen molar-refractivity contribution in [2.75, 3.05) is 15.4 Å². The Balaban J connectivity index is 1.45. The Bertz CT molecular complexity index is 1440. The summed E-state index contributed by atoms with van der Waals surface area (Å²) in [5, 5.41) is 15.4. The Morgan fingerprint density at radius 2 is 1.24 bits per heavy atom. The van der Waals surface area contributed by atoms with Crippen molar-refractivity contribution in [3.63, 3.8) is 0 Å². The van der Waals surface area contributed by atoms with Gasteiger partial charge < -0.3 is 10.6 Å². The van der Waals surface area contributed by atoms with Crippen LogP contribution in [0.2, 0.25) is 0 Å². The molecule has 4 rings (SSSR count). The number of hydrogen-bond donors (Lipinski definition) is 3. The molecule has 0 radical (unpaired) electrons. The molecule has 0 saturated heterocycles. The van der Waals surface area contributed by atoms with Crippen molar-refractivity contribution in [1.82, 2.24) is 9.97 Å². The Morgan fingerprint density at radius 3 is 1.76 bits per heavy atom. The van der Waals surface area contributed by atoms with E-state index in [9.17, 15) is 8.42 Å². The average Bonchev–Trinajstić information content (AvgIpc) is 2.81. The van der Waals surface area contributed by atoms with E-state index in [-0.39, 0.29) is 4.90 Å². The van der Waals surface area contributed by atoms with E-state index in [4.69, 9.17) is 5.26 Å². The van der Waals surface area contributed by atoms with Gasteiger partial charge in [0.15, 0.2) is 0 Å². The highest BCUT2D eigenvalue weighted by Gasteiger charge is 2.14. The average molecular weight is 471 g/mol. The molecule has 3 aromatic carbocycles. The van der Waals surface area contributed by atoms with Crippen molar-refractivity contribution >= 4 is 38.7 Å². The quantitative estimate of drug-likeness (QED) is 0.337. The summed E-state index contributed by atoms with van der Waals surface area (Å²) >= 11 is 0. The number of hydrogen-bond acceptors (Lipinski definition) is 7. The number of nitriles is 1. The molecule has 0 aliphatic carbocycles. The van der Waals surface area contributed by atoms with E-state index in [0.717, 1.165) is 11.4 Å². The molecule has 0 unspecified atom stereocenters. The first-order chi connectivity index (χ1) is 16.3. The van der Waals surface area contributed by atoms with Crippen LogP contribution in [0.15, 0.2) is 83.8 Å². The van der Waals surface area contributed by atoms with Gasteiger partial charge in [-0.3, -0.25) is 4.72 Å². The molecular weight excluding hydrogens is 448 g/mol. The fourth-order valence-electron chi connectivity index (χ4n) is 3.17. The van der Waals surface area contributed by atoms with E-state index in [2.05, 4.69) is 25.3 Å². The van der Waals surface area contributed by atoms with E-state index >= 15 is 0 Å². The molecule has 0 saturated carbocycles. The van der Waals surface area contributed by atoms with Gasteiger partial charge in [0.25, 0.3) is 10.0 Å². The van der Waals surface area contributed by atoms with E-state index in [1.807, 2.05) is 44.2 Å². The van der Waals surface area contributed by atoms with Crippen LogP contribution in [-0.4, -0.2) is 18.4 Å². The Morgan fingerprint density at radius 1 is 0.735 bits per heavy atom. The molecule has 0 atom stereocenters. The number of aromatic nitrogens is 2. The van der Waals surface area contributed by atoms with Crippen molar-refractivity contribution in [1.29, 1.82) is 5.26 Å². The third-order valence-electron chi connectivity index (χ3n) is 4.87. The van der Waals surface area contributed by atoms with Gasteiger partial charge in [-0.25, -0.2) is 18.4 Å². The third-order valence-corrected chi connectivity index (χ3v) is 6.26. The molecular formula is C25H22N6O2S. The zero-order valence-electron chi connectivity index (χ0n) is 18.6. The lowest BCUT2D eigenvalue weighted by Crippen LogP contribution is -2.12. The number of benzene rings is 3. The third kappa shape index (κ3) is 5.68. The largest absolute Gasteiger partial charge is 0.340 e. The predicted molar refractivity (Wildman–Crippen MR) is 133 cm³/mol. The monoisotopic (exact) mass is 470 g/mol. The molecule has 0 bridgehead atoms. The van der Waals surface area contributed by atoms with Gasteiger partial charge >= 0.3 is 0 Å². The van der Waals surface area contributed by atoms with Gasteiger partial charge in [0.2, 0.25) is 0 Å². The summed E-state index contributed by atoms with van der Waals surface area (Å²) < 4.78 is 27.7. The molecule has 0 aliphatic rings. The van der Waals surface area contributed by atoms with Crippen LogP contribution in [0.5, 0.6) is 0 Å². The van der Waals surface area contributed by atoms with Gasteiger partial charge in [0.05, 0.1) is 16.5 Å². The highest BCUT2D eigenvalue weighted by molar-refractivity contribution is 7.92. The molecule has 4 aromatic rings. The smallest absolute Gasteiger partial charge is 0.261 e. The Hall–Kier alpha value is -4.42. The molecule has 9 heteroatoms. The van der Waals surface area contributed by atoms with Crippen LogP contribution in [-0.2, 0) is 10.0 Å². The van der Waals surface area contributed by atoms with Gasteiger partial charge in [0.1, 0.15) is 17.5 Å². The van der Waals surface area contributed by atoms with Crippen LogP contribution in [0, 0.1) is 25.2 Å². The molecule has 0 fully saturated rings. The van der Waals surface area contributed by atoms with Crippen molar-refractivity contribution in [3.8, 4) is 6.07 Å². The summed E-state index contributed by atoms with van der Waals surface area (Å²) in [7, 11) is -3.76. The van der Waals surface area contributed by atoms with Crippen LogP contribution in [0.3, 0.4) is 0 Å². The van der Waals surface area contributed by atoms with Crippen LogP contribution >= 0.6 is 0 Å². The number of rotatable bonds is 7. The summed E-state index contributed by atoms with van der Waals surface area (Å²) in [4.78, 5) is 8.94. The second kappa shape index (κ2) is 9.60. The SMILES string of the molecule is Cc1ccc(Nc2cc(Nc3ccc(NS(=O)(=O)c4ccc(C#N)cc4)cc3)nc(C)n2)cc1. The summed E-state index contributed by atoms with van der Waals surface area (Å²) in [6.07, 6.45) is 0. The molecule has 34 heavy (non-hydrogen) atoms. The first kappa shape index (κ1) is 22.8. The van der Waals surface area contributed by atoms with E-state index in [1.54, 1.807) is 30.3 Å². The van der Waals surface area contributed by atoms with Gasteiger partial charge in [0, 0.05) is 23.1 Å². The highest BCUT2D eigenvalue weighted by Crippen LogP contribution is 2.23. The standard InChI is InChI=1S/C25H22N6O2S/c1-17-3-7-20(8-4-17)29-24-15-25(28-18(2)27-24)30-21-9-11-22(12-10-21)31-34(32,33)23-13-5-19(16-26)6-14-23/h3-15,31H,1-2H3,(H2,27,28,29,30). The minimum atomic E-state index is -3.76. The maximum atomic E-state index is 12.6. The van der Waals surface area contributed by atoms with Gasteiger partial charge in [-0.15, -0.1) is 0 Å². The molecule has 170 valence electrons. The van der Waals surface area contributed by atoms with E-state index in [0.29, 0.717) is 28.7 Å². The molecule has 0 amide bonds. The number of nitrogens with zero attached hydrogens (tertiary/aromatic N) is 3. The maximum Gasteiger partial charge on any atom is 0.261 e. The minimum absolute atomic E-state index is 0.0822. The second-order valence-corrected chi connectivity index (χ2v) is 9.30. The number of nitrogens with one attached hydrogen (secondary N) is 3. The zero-order chi connectivity index (χ0) is 24.1.